The molecule has 1 amide bonds. The zero-order valence-corrected chi connectivity index (χ0v) is 14.8. The van der Waals surface area contributed by atoms with E-state index in [4.69, 9.17) is 0 Å². The molecule has 0 saturated heterocycles. The first-order valence-electron chi connectivity index (χ1n) is 7.80. The Labute approximate surface area is 143 Å². The number of hydrogen-bond acceptors (Lipinski definition) is 3. The van der Waals surface area contributed by atoms with E-state index in [0.717, 1.165) is 17.1 Å². The number of thioether (sulfide) groups is 1. The maximum absolute atomic E-state index is 12.4. The number of rotatable bonds is 7. The fraction of sp³-hybridized carbons (Fsp3) is 0.316. The molecular weight excluding hydrogens is 304 g/mol. The quantitative estimate of drug-likeness (QED) is 0.771. The normalized spacial score (nSPS) is 11.0. The number of nitrogens with zero attached hydrogens (tertiary/aromatic N) is 1. The molecule has 0 aromatic heterocycles. The van der Waals surface area contributed by atoms with Crippen LogP contribution < -0.4 is 5.32 Å². The summed E-state index contributed by atoms with van der Waals surface area (Å²) in [6, 6.07) is 18.5. The van der Waals surface area contributed by atoms with E-state index in [1.165, 1.54) is 5.56 Å². The van der Waals surface area contributed by atoms with Crippen molar-refractivity contribution >= 4 is 23.4 Å². The van der Waals surface area contributed by atoms with E-state index in [0.29, 0.717) is 12.6 Å². The van der Waals surface area contributed by atoms with Crippen molar-refractivity contribution in [3.63, 3.8) is 0 Å². The average molecular weight is 328 g/mol. The molecule has 0 aliphatic heterocycles. The lowest BCUT2D eigenvalue weighted by molar-refractivity contribution is -0.117. The fourth-order valence-corrected chi connectivity index (χ4v) is 2.78. The topological polar surface area (TPSA) is 32.3 Å². The minimum atomic E-state index is 0.0212. The van der Waals surface area contributed by atoms with Crippen molar-refractivity contribution in [2.24, 2.45) is 0 Å². The monoisotopic (exact) mass is 328 g/mol. The summed E-state index contributed by atoms with van der Waals surface area (Å²) in [4.78, 5) is 15.7. The second-order valence-electron chi connectivity index (χ2n) is 5.76. The van der Waals surface area contributed by atoms with Gasteiger partial charge in [0.2, 0.25) is 5.91 Å². The molecule has 0 saturated carbocycles. The SMILES string of the molecule is CSc1cccc(NC(=O)CN(Cc2ccccc2)C(C)C)c1. The molecule has 2 aromatic carbocycles. The highest BCUT2D eigenvalue weighted by Gasteiger charge is 2.14. The molecule has 23 heavy (non-hydrogen) atoms. The van der Waals surface area contributed by atoms with Crippen LogP contribution in [-0.2, 0) is 11.3 Å². The zero-order chi connectivity index (χ0) is 16.7. The minimum absolute atomic E-state index is 0.0212. The Hall–Kier alpha value is -1.78. The molecule has 2 aromatic rings. The third-order valence-corrected chi connectivity index (χ3v) is 4.38. The molecule has 2 rings (SSSR count). The van der Waals surface area contributed by atoms with Gasteiger partial charge in [0, 0.05) is 23.2 Å². The Morgan fingerprint density at radius 2 is 1.87 bits per heavy atom. The third kappa shape index (κ3) is 5.73. The highest BCUT2D eigenvalue weighted by molar-refractivity contribution is 7.98. The molecule has 1 N–H and O–H groups in total. The number of anilines is 1. The standard InChI is InChI=1S/C19H24N2OS/c1-15(2)21(13-16-8-5-4-6-9-16)14-19(22)20-17-10-7-11-18(12-17)23-3/h4-12,15H,13-14H2,1-3H3,(H,20,22). The third-order valence-electron chi connectivity index (χ3n) is 3.66. The Kier molecular flexibility index (Phi) is 6.68. The van der Waals surface area contributed by atoms with E-state index in [2.05, 4.69) is 36.2 Å². The predicted octanol–water partition coefficient (Wildman–Crippen LogP) is 4.26. The maximum atomic E-state index is 12.4. The van der Waals surface area contributed by atoms with Crippen LogP contribution in [0.2, 0.25) is 0 Å². The molecule has 0 atom stereocenters. The van der Waals surface area contributed by atoms with Gasteiger partial charge in [-0.15, -0.1) is 11.8 Å². The van der Waals surface area contributed by atoms with Gasteiger partial charge in [0.25, 0.3) is 0 Å². The van der Waals surface area contributed by atoms with Crippen LogP contribution in [0.5, 0.6) is 0 Å². The Morgan fingerprint density at radius 3 is 2.52 bits per heavy atom. The Balaban J connectivity index is 1.97. The van der Waals surface area contributed by atoms with Crippen LogP contribution >= 0.6 is 11.8 Å². The van der Waals surface area contributed by atoms with Gasteiger partial charge in [0.05, 0.1) is 6.54 Å². The van der Waals surface area contributed by atoms with E-state index in [1.54, 1.807) is 11.8 Å². The van der Waals surface area contributed by atoms with Crippen molar-refractivity contribution in [2.45, 2.75) is 31.3 Å². The van der Waals surface area contributed by atoms with E-state index in [1.807, 2.05) is 48.7 Å². The fourth-order valence-electron chi connectivity index (χ4n) is 2.32. The molecule has 0 spiro atoms. The van der Waals surface area contributed by atoms with Gasteiger partial charge >= 0.3 is 0 Å². The van der Waals surface area contributed by atoms with Gasteiger partial charge in [-0.1, -0.05) is 36.4 Å². The van der Waals surface area contributed by atoms with Crippen LogP contribution in [0.3, 0.4) is 0 Å². The first-order valence-corrected chi connectivity index (χ1v) is 9.03. The van der Waals surface area contributed by atoms with Crippen molar-refractivity contribution in [2.75, 3.05) is 18.1 Å². The maximum Gasteiger partial charge on any atom is 0.238 e. The molecule has 122 valence electrons. The second-order valence-corrected chi connectivity index (χ2v) is 6.64. The lowest BCUT2D eigenvalue weighted by Crippen LogP contribution is -2.37. The van der Waals surface area contributed by atoms with E-state index in [-0.39, 0.29) is 5.91 Å². The summed E-state index contributed by atoms with van der Waals surface area (Å²) in [6.07, 6.45) is 2.03. The van der Waals surface area contributed by atoms with Crippen molar-refractivity contribution in [3.05, 3.63) is 60.2 Å². The molecule has 0 heterocycles. The number of nitrogens with one attached hydrogen (secondary N) is 1. The molecule has 4 heteroatoms. The highest BCUT2D eigenvalue weighted by Crippen LogP contribution is 2.19. The molecule has 0 unspecified atom stereocenters. The summed E-state index contributed by atoms with van der Waals surface area (Å²) in [7, 11) is 0. The van der Waals surface area contributed by atoms with E-state index in [9.17, 15) is 4.79 Å². The molecule has 0 radical (unpaired) electrons. The lowest BCUT2D eigenvalue weighted by atomic mass is 10.2. The molecule has 0 aliphatic rings. The van der Waals surface area contributed by atoms with Crippen molar-refractivity contribution in [3.8, 4) is 0 Å². The summed E-state index contributed by atoms with van der Waals surface area (Å²) < 4.78 is 0. The van der Waals surface area contributed by atoms with Gasteiger partial charge in [-0.3, -0.25) is 9.69 Å². The summed E-state index contributed by atoms with van der Waals surface area (Å²) in [6.45, 7) is 5.39. The number of benzene rings is 2. The number of amides is 1. The largest absolute Gasteiger partial charge is 0.325 e. The molecule has 0 bridgehead atoms. The minimum Gasteiger partial charge on any atom is -0.325 e. The van der Waals surface area contributed by atoms with Crippen molar-refractivity contribution in [1.29, 1.82) is 0 Å². The predicted molar refractivity (Wildman–Crippen MR) is 98.8 cm³/mol. The van der Waals surface area contributed by atoms with Gasteiger partial charge in [-0.05, 0) is 43.9 Å². The Morgan fingerprint density at radius 1 is 1.13 bits per heavy atom. The van der Waals surface area contributed by atoms with Crippen LogP contribution in [0.4, 0.5) is 5.69 Å². The second kappa shape index (κ2) is 8.75. The van der Waals surface area contributed by atoms with Crippen molar-refractivity contribution < 1.29 is 4.79 Å². The van der Waals surface area contributed by atoms with Gasteiger partial charge in [-0.2, -0.15) is 0 Å². The van der Waals surface area contributed by atoms with Gasteiger partial charge in [0.15, 0.2) is 0 Å². The summed E-state index contributed by atoms with van der Waals surface area (Å²) in [5.41, 5.74) is 2.07. The van der Waals surface area contributed by atoms with Crippen LogP contribution in [-0.4, -0.2) is 29.6 Å². The summed E-state index contributed by atoms with van der Waals surface area (Å²) >= 11 is 1.67. The van der Waals surface area contributed by atoms with Crippen LogP contribution in [0.1, 0.15) is 19.4 Å². The smallest absolute Gasteiger partial charge is 0.238 e. The van der Waals surface area contributed by atoms with Gasteiger partial charge < -0.3 is 5.32 Å². The first-order chi connectivity index (χ1) is 11.1. The zero-order valence-electron chi connectivity index (χ0n) is 14.0. The van der Waals surface area contributed by atoms with E-state index >= 15 is 0 Å². The van der Waals surface area contributed by atoms with Gasteiger partial charge in [-0.25, -0.2) is 0 Å². The van der Waals surface area contributed by atoms with Crippen LogP contribution in [0.25, 0.3) is 0 Å². The molecule has 0 fully saturated rings. The average Bonchev–Trinajstić information content (AvgIpc) is 2.55. The van der Waals surface area contributed by atoms with Crippen LogP contribution in [0.15, 0.2) is 59.5 Å². The summed E-state index contributed by atoms with van der Waals surface area (Å²) in [5.74, 6) is 0.0212. The summed E-state index contributed by atoms with van der Waals surface area (Å²) in [5, 5.41) is 2.99. The number of carbonyl (C=O) groups excluding carboxylic acids is 1. The molecule has 0 aliphatic carbocycles. The number of carbonyl (C=O) groups is 1. The molecule has 3 nitrogen and oxygen atoms in total. The van der Waals surface area contributed by atoms with Crippen LogP contribution in [0, 0.1) is 0 Å². The van der Waals surface area contributed by atoms with Crippen molar-refractivity contribution in [1.82, 2.24) is 4.90 Å². The Bertz CT molecular complexity index is 628. The lowest BCUT2D eigenvalue weighted by Gasteiger charge is -2.26. The van der Waals surface area contributed by atoms with Gasteiger partial charge in [0.1, 0.15) is 0 Å². The van der Waals surface area contributed by atoms with E-state index < -0.39 is 0 Å². The highest BCUT2D eigenvalue weighted by atomic mass is 32.2. The first kappa shape index (κ1) is 17.6. The molecular formula is C19H24N2OS. The number of hydrogen-bond donors (Lipinski definition) is 1.